The van der Waals surface area contributed by atoms with Gasteiger partial charge in [-0.2, -0.15) is 0 Å². The van der Waals surface area contributed by atoms with E-state index < -0.39 is 5.82 Å². The number of benzene rings is 3. The molecule has 0 amide bonds. The third kappa shape index (κ3) is 4.18. The van der Waals surface area contributed by atoms with Crippen LogP contribution >= 0.6 is 0 Å². The normalized spacial score (nSPS) is 13.0. The Labute approximate surface area is 190 Å². The molecule has 166 valence electrons. The summed E-state index contributed by atoms with van der Waals surface area (Å²) in [5.74, 6) is 0.636. The number of aromatic nitrogens is 1. The van der Waals surface area contributed by atoms with Crippen molar-refractivity contribution in [1.29, 1.82) is 0 Å². The zero-order chi connectivity index (χ0) is 22.8. The van der Waals surface area contributed by atoms with Gasteiger partial charge in [-0.15, -0.1) is 0 Å². The average Bonchev–Trinajstić information content (AvgIpc) is 3.16. The van der Waals surface area contributed by atoms with E-state index in [2.05, 4.69) is 17.2 Å². The smallest absolute Gasteiger partial charge is 0.199 e. The number of nitrogens with zero attached hydrogens (tertiary/aromatic N) is 1. The number of hydrogen-bond donors (Lipinski definition) is 3. The highest BCUT2D eigenvalue weighted by Crippen LogP contribution is 2.36. The lowest BCUT2D eigenvalue weighted by atomic mass is 10.00. The Morgan fingerprint density at radius 1 is 1.00 bits per heavy atom. The van der Waals surface area contributed by atoms with Crippen LogP contribution in [-0.4, -0.2) is 22.3 Å². The molecule has 0 bridgehead atoms. The summed E-state index contributed by atoms with van der Waals surface area (Å²) < 4.78 is 24.8. The minimum atomic E-state index is -0.392. The first kappa shape index (κ1) is 20.8. The zero-order valence-electron chi connectivity index (χ0n) is 17.9. The quantitative estimate of drug-likeness (QED) is 0.342. The van der Waals surface area contributed by atoms with Crippen LogP contribution in [0.15, 0.2) is 78.2 Å². The van der Waals surface area contributed by atoms with Crippen molar-refractivity contribution in [2.24, 2.45) is 4.99 Å². The van der Waals surface area contributed by atoms with E-state index in [0.717, 1.165) is 24.3 Å². The van der Waals surface area contributed by atoms with Crippen LogP contribution < -0.4 is 14.8 Å². The van der Waals surface area contributed by atoms with Crippen molar-refractivity contribution in [2.75, 3.05) is 6.54 Å². The van der Waals surface area contributed by atoms with Crippen LogP contribution in [0.1, 0.15) is 23.6 Å². The third-order valence-corrected chi connectivity index (χ3v) is 5.40. The van der Waals surface area contributed by atoms with Crippen LogP contribution in [0.25, 0.3) is 10.9 Å². The number of fused-ring (bicyclic) bond motifs is 2. The van der Waals surface area contributed by atoms with Crippen molar-refractivity contribution < 1.29 is 19.0 Å². The van der Waals surface area contributed by atoms with Crippen LogP contribution in [0.3, 0.4) is 0 Å². The number of halogens is 1. The molecule has 0 saturated heterocycles. The Morgan fingerprint density at radius 2 is 1.79 bits per heavy atom. The predicted molar refractivity (Wildman–Crippen MR) is 126 cm³/mol. The molecule has 0 saturated carbocycles. The Hall–Kier alpha value is -4.10. The summed E-state index contributed by atoms with van der Waals surface area (Å²) >= 11 is 0. The summed E-state index contributed by atoms with van der Waals surface area (Å²) in [6.45, 7) is 3.73. The van der Waals surface area contributed by atoms with Crippen molar-refractivity contribution in [2.45, 2.75) is 13.5 Å². The molecule has 0 unspecified atom stereocenters. The Bertz CT molecular complexity index is 1370. The average molecular weight is 443 g/mol. The molecular formula is C26H22FN3O3. The largest absolute Gasteiger partial charge is 0.494 e. The van der Waals surface area contributed by atoms with Gasteiger partial charge in [-0.05, 0) is 60.6 Å². The summed E-state index contributed by atoms with van der Waals surface area (Å²) in [5, 5.41) is 14.7. The lowest BCUT2D eigenvalue weighted by Crippen LogP contribution is -2.11. The van der Waals surface area contributed by atoms with Crippen molar-refractivity contribution in [1.82, 2.24) is 10.3 Å². The molecule has 1 aliphatic heterocycles. The van der Waals surface area contributed by atoms with E-state index in [4.69, 9.17) is 14.5 Å². The predicted octanol–water partition coefficient (Wildman–Crippen LogP) is 5.53. The lowest BCUT2D eigenvalue weighted by Gasteiger charge is -2.15. The number of ether oxygens (including phenoxy) is 2. The lowest BCUT2D eigenvalue weighted by molar-refractivity contribution is 0.361. The SMILES string of the molecule is CCNCc1ccc(N=C(c2ccc3c(c2)OC=CO3)c2c(O)[nH]c3cc(F)ccc23)cc1. The molecule has 7 heteroatoms. The van der Waals surface area contributed by atoms with E-state index in [1.54, 1.807) is 18.2 Å². The highest BCUT2D eigenvalue weighted by molar-refractivity contribution is 6.22. The van der Waals surface area contributed by atoms with Crippen molar-refractivity contribution in [3.05, 3.63) is 95.7 Å². The number of nitrogens with one attached hydrogen (secondary N) is 2. The molecule has 3 N–H and O–H groups in total. The molecule has 0 atom stereocenters. The van der Waals surface area contributed by atoms with Crippen LogP contribution in [0.4, 0.5) is 10.1 Å². The molecule has 0 radical (unpaired) electrons. The van der Waals surface area contributed by atoms with E-state index in [0.29, 0.717) is 39.2 Å². The first-order chi connectivity index (χ1) is 16.1. The molecule has 0 spiro atoms. The molecule has 2 heterocycles. The molecule has 4 aromatic rings. The van der Waals surface area contributed by atoms with Gasteiger partial charge in [0, 0.05) is 17.5 Å². The minimum absolute atomic E-state index is 0.0899. The van der Waals surface area contributed by atoms with Crippen molar-refractivity contribution in [3.8, 4) is 17.4 Å². The van der Waals surface area contributed by atoms with Crippen LogP contribution in [0, 0.1) is 5.82 Å². The van der Waals surface area contributed by atoms with E-state index in [9.17, 15) is 9.50 Å². The molecule has 6 nitrogen and oxygen atoms in total. The second-order valence-electron chi connectivity index (χ2n) is 7.62. The molecule has 0 fully saturated rings. The maximum Gasteiger partial charge on any atom is 0.199 e. The van der Waals surface area contributed by atoms with E-state index in [1.165, 1.54) is 24.7 Å². The van der Waals surface area contributed by atoms with Gasteiger partial charge in [0.05, 0.1) is 22.5 Å². The summed E-state index contributed by atoms with van der Waals surface area (Å²) in [7, 11) is 0. The maximum absolute atomic E-state index is 13.8. The highest BCUT2D eigenvalue weighted by atomic mass is 19.1. The number of hydrogen-bond acceptors (Lipinski definition) is 5. The van der Waals surface area contributed by atoms with E-state index >= 15 is 0 Å². The zero-order valence-corrected chi connectivity index (χ0v) is 17.9. The number of rotatable bonds is 6. The summed E-state index contributed by atoms with van der Waals surface area (Å²) in [5.41, 5.74) is 4.06. The third-order valence-electron chi connectivity index (χ3n) is 5.40. The van der Waals surface area contributed by atoms with Crippen LogP contribution in [0.2, 0.25) is 0 Å². The van der Waals surface area contributed by atoms with E-state index in [-0.39, 0.29) is 5.88 Å². The monoisotopic (exact) mass is 443 g/mol. The minimum Gasteiger partial charge on any atom is -0.494 e. The highest BCUT2D eigenvalue weighted by Gasteiger charge is 2.21. The standard InChI is InChI=1S/C26H22FN3O3/c1-2-28-15-16-3-7-19(8-4-16)29-25(17-5-10-22-23(13-17)33-12-11-32-22)24-20-9-6-18(27)14-21(20)30-26(24)31/h3-14,28,30-31H,2,15H2,1H3. The summed E-state index contributed by atoms with van der Waals surface area (Å²) in [6.07, 6.45) is 2.92. The maximum atomic E-state index is 13.8. The molecule has 1 aromatic heterocycles. The Kier molecular flexibility index (Phi) is 5.54. The van der Waals surface area contributed by atoms with Crippen LogP contribution in [0.5, 0.6) is 17.4 Å². The summed E-state index contributed by atoms with van der Waals surface area (Å²) in [6, 6.07) is 17.7. The first-order valence-corrected chi connectivity index (χ1v) is 10.6. The van der Waals surface area contributed by atoms with Gasteiger partial charge < -0.3 is 24.9 Å². The Balaban J connectivity index is 1.65. The van der Waals surface area contributed by atoms with Gasteiger partial charge in [0.1, 0.15) is 18.3 Å². The first-order valence-electron chi connectivity index (χ1n) is 10.6. The van der Waals surface area contributed by atoms with Crippen molar-refractivity contribution >= 4 is 22.3 Å². The summed E-state index contributed by atoms with van der Waals surface area (Å²) in [4.78, 5) is 7.74. The number of aliphatic imine (C=N–C) groups is 1. The molecule has 3 aromatic carbocycles. The Morgan fingerprint density at radius 3 is 2.58 bits per heavy atom. The van der Waals surface area contributed by atoms with Gasteiger partial charge in [-0.3, -0.25) is 0 Å². The topological polar surface area (TPSA) is 78.9 Å². The molecule has 33 heavy (non-hydrogen) atoms. The fourth-order valence-electron chi connectivity index (χ4n) is 3.79. The number of aromatic amines is 1. The molecule has 0 aliphatic carbocycles. The molecular weight excluding hydrogens is 421 g/mol. The van der Waals surface area contributed by atoms with Gasteiger partial charge >= 0.3 is 0 Å². The van der Waals surface area contributed by atoms with Gasteiger partial charge in [0.15, 0.2) is 17.4 Å². The fourth-order valence-corrected chi connectivity index (χ4v) is 3.79. The fraction of sp³-hybridized carbons (Fsp3) is 0.115. The van der Waals surface area contributed by atoms with Crippen molar-refractivity contribution in [3.63, 3.8) is 0 Å². The van der Waals surface area contributed by atoms with Crippen LogP contribution in [-0.2, 0) is 6.54 Å². The molecule has 1 aliphatic rings. The van der Waals surface area contributed by atoms with Gasteiger partial charge in [-0.25, -0.2) is 9.38 Å². The van der Waals surface area contributed by atoms with E-state index in [1.807, 2.05) is 30.3 Å². The van der Waals surface area contributed by atoms with Gasteiger partial charge in [-0.1, -0.05) is 19.1 Å². The molecule has 5 rings (SSSR count). The second kappa shape index (κ2) is 8.80. The number of H-pyrrole nitrogens is 1. The van der Waals surface area contributed by atoms with Gasteiger partial charge in [0.25, 0.3) is 0 Å². The van der Waals surface area contributed by atoms with Gasteiger partial charge in [0.2, 0.25) is 0 Å². The number of aromatic hydroxyl groups is 1. The second-order valence-corrected chi connectivity index (χ2v) is 7.62.